The van der Waals surface area contributed by atoms with Gasteiger partial charge in [-0.05, 0) is 28.5 Å². The molecule has 0 aromatic carbocycles. The molecule has 1 rings (SSSR count). The number of hydrogen-bond acceptors (Lipinski definition) is 2. The molecule has 0 atom stereocenters. The lowest BCUT2D eigenvalue weighted by Gasteiger charge is -2.10. The maximum Gasteiger partial charge on any atom is 0.264 e. The molecule has 0 aliphatic rings. The van der Waals surface area contributed by atoms with Crippen LogP contribution in [0.25, 0.3) is 0 Å². The predicted octanol–water partition coefficient (Wildman–Crippen LogP) is 2.62. The smallest absolute Gasteiger partial charge is 0.264 e. The summed E-state index contributed by atoms with van der Waals surface area (Å²) in [6, 6.07) is 0. The third-order valence-electron chi connectivity index (χ3n) is 2.00. The van der Waals surface area contributed by atoms with Crippen molar-refractivity contribution in [2.24, 2.45) is 0 Å². The van der Waals surface area contributed by atoms with Crippen molar-refractivity contribution in [3.63, 3.8) is 0 Å². The highest BCUT2D eigenvalue weighted by Gasteiger charge is 2.13. The molecule has 0 radical (unpaired) electrons. The number of H-pyrrole nitrogens is 1. The number of rotatable bonds is 2. The Morgan fingerprint density at radius 3 is 2.21 bits per heavy atom. The van der Waals surface area contributed by atoms with E-state index in [1.54, 1.807) is 0 Å². The zero-order valence-corrected chi connectivity index (χ0v) is 11.0. The second-order valence-electron chi connectivity index (χ2n) is 3.96. The highest BCUT2D eigenvalue weighted by Crippen LogP contribution is 2.17. The number of aromatic nitrogens is 2. The first-order valence-corrected chi connectivity index (χ1v) is 5.81. The fourth-order valence-electron chi connectivity index (χ4n) is 1.15. The molecule has 0 spiro atoms. The van der Waals surface area contributed by atoms with Crippen molar-refractivity contribution in [1.82, 2.24) is 9.97 Å². The highest BCUT2D eigenvalue weighted by molar-refractivity contribution is 14.1. The van der Waals surface area contributed by atoms with Crippen LogP contribution in [0.3, 0.4) is 0 Å². The van der Waals surface area contributed by atoms with Crippen LogP contribution in [0.2, 0.25) is 0 Å². The summed E-state index contributed by atoms with van der Waals surface area (Å²) >= 11 is 2.05. The van der Waals surface area contributed by atoms with Crippen molar-refractivity contribution in [3.05, 3.63) is 25.4 Å². The van der Waals surface area contributed by atoms with Crippen molar-refractivity contribution in [2.75, 3.05) is 0 Å². The van der Waals surface area contributed by atoms with Gasteiger partial charge in [-0.1, -0.05) is 27.7 Å². The molecule has 14 heavy (non-hydrogen) atoms. The lowest BCUT2D eigenvalue weighted by Crippen LogP contribution is -2.19. The minimum absolute atomic E-state index is 0.0204. The zero-order chi connectivity index (χ0) is 10.9. The molecule has 0 saturated heterocycles. The second-order valence-corrected chi connectivity index (χ2v) is 5.04. The number of nitrogens with one attached hydrogen (secondary N) is 1. The van der Waals surface area contributed by atoms with Crippen LogP contribution >= 0.6 is 22.6 Å². The van der Waals surface area contributed by atoms with Gasteiger partial charge in [-0.15, -0.1) is 0 Å². The molecule has 0 saturated carbocycles. The summed E-state index contributed by atoms with van der Waals surface area (Å²) in [6.07, 6.45) is 0. The molecule has 0 bridgehead atoms. The van der Waals surface area contributed by atoms with E-state index in [9.17, 15) is 4.79 Å². The van der Waals surface area contributed by atoms with E-state index in [1.165, 1.54) is 0 Å². The van der Waals surface area contributed by atoms with Crippen LogP contribution in [0.15, 0.2) is 4.79 Å². The molecule has 78 valence electrons. The standard InChI is InChI=1S/C10H15IN2O/c1-5(2)8-7(11)10(14)13-9(12-8)6(3)4/h5-6H,1-4H3,(H,12,13,14). The normalized spacial score (nSPS) is 11.4. The van der Waals surface area contributed by atoms with Crippen molar-refractivity contribution in [2.45, 2.75) is 39.5 Å². The average molecular weight is 306 g/mol. The van der Waals surface area contributed by atoms with Gasteiger partial charge < -0.3 is 4.98 Å². The van der Waals surface area contributed by atoms with Crippen molar-refractivity contribution < 1.29 is 0 Å². The Hall–Kier alpha value is -0.390. The Kier molecular flexibility index (Phi) is 3.69. The van der Waals surface area contributed by atoms with E-state index in [-0.39, 0.29) is 11.5 Å². The van der Waals surface area contributed by atoms with Gasteiger partial charge in [0.05, 0.1) is 9.26 Å². The number of hydrogen-bond donors (Lipinski definition) is 1. The van der Waals surface area contributed by atoms with E-state index in [2.05, 4.69) is 32.6 Å². The van der Waals surface area contributed by atoms with Gasteiger partial charge in [0.25, 0.3) is 5.56 Å². The molecule has 4 heteroatoms. The Morgan fingerprint density at radius 1 is 1.21 bits per heavy atom. The van der Waals surface area contributed by atoms with Crippen LogP contribution in [0.4, 0.5) is 0 Å². The average Bonchev–Trinajstić information content (AvgIpc) is 2.08. The molecule has 0 aliphatic carbocycles. The molecule has 1 aromatic rings. The van der Waals surface area contributed by atoms with E-state index in [1.807, 2.05) is 27.7 Å². The van der Waals surface area contributed by atoms with Crippen LogP contribution in [-0.2, 0) is 0 Å². The van der Waals surface area contributed by atoms with Crippen molar-refractivity contribution >= 4 is 22.6 Å². The quantitative estimate of drug-likeness (QED) is 0.854. The fourth-order valence-corrected chi connectivity index (χ4v) is 2.03. The molecule has 1 N–H and O–H groups in total. The van der Waals surface area contributed by atoms with Crippen LogP contribution in [0.5, 0.6) is 0 Å². The highest BCUT2D eigenvalue weighted by atomic mass is 127. The van der Waals surface area contributed by atoms with E-state index in [0.717, 1.165) is 11.5 Å². The maximum absolute atomic E-state index is 11.6. The minimum atomic E-state index is -0.0204. The fraction of sp³-hybridized carbons (Fsp3) is 0.600. The third kappa shape index (κ3) is 2.34. The first kappa shape index (κ1) is 11.7. The molecular weight excluding hydrogens is 291 g/mol. The molecule has 0 fully saturated rings. The Labute approximate surface area is 97.5 Å². The van der Waals surface area contributed by atoms with E-state index in [0.29, 0.717) is 9.49 Å². The summed E-state index contributed by atoms with van der Waals surface area (Å²) in [6.45, 7) is 8.15. The van der Waals surface area contributed by atoms with Crippen LogP contribution in [0.1, 0.15) is 51.0 Å². The summed E-state index contributed by atoms with van der Waals surface area (Å²) in [5, 5.41) is 0. The van der Waals surface area contributed by atoms with E-state index in [4.69, 9.17) is 0 Å². The first-order chi connectivity index (χ1) is 6.43. The summed E-state index contributed by atoms with van der Waals surface area (Å²) < 4.78 is 0.710. The van der Waals surface area contributed by atoms with Gasteiger partial charge in [0, 0.05) is 5.92 Å². The first-order valence-electron chi connectivity index (χ1n) is 4.73. The molecular formula is C10H15IN2O. The van der Waals surface area contributed by atoms with Crippen LogP contribution < -0.4 is 5.56 Å². The number of halogens is 1. The Morgan fingerprint density at radius 2 is 1.79 bits per heavy atom. The van der Waals surface area contributed by atoms with Crippen molar-refractivity contribution in [3.8, 4) is 0 Å². The largest absolute Gasteiger partial charge is 0.309 e. The van der Waals surface area contributed by atoms with Gasteiger partial charge >= 0.3 is 0 Å². The number of nitrogens with zero attached hydrogens (tertiary/aromatic N) is 1. The van der Waals surface area contributed by atoms with Gasteiger partial charge in [0.15, 0.2) is 0 Å². The Bertz CT molecular complexity index is 382. The van der Waals surface area contributed by atoms with Crippen LogP contribution in [-0.4, -0.2) is 9.97 Å². The minimum Gasteiger partial charge on any atom is -0.309 e. The molecule has 0 amide bonds. The van der Waals surface area contributed by atoms with Crippen LogP contribution in [0, 0.1) is 3.57 Å². The summed E-state index contributed by atoms with van der Waals surface area (Å²) in [7, 11) is 0. The third-order valence-corrected chi connectivity index (χ3v) is 3.04. The SMILES string of the molecule is CC(C)c1nc(C(C)C)c(I)c(=O)[nH]1. The van der Waals surface area contributed by atoms with Gasteiger partial charge in [-0.2, -0.15) is 0 Å². The number of aromatic amines is 1. The van der Waals surface area contributed by atoms with E-state index < -0.39 is 0 Å². The monoisotopic (exact) mass is 306 g/mol. The van der Waals surface area contributed by atoms with E-state index >= 15 is 0 Å². The summed E-state index contributed by atoms with van der Waals surface area (Å²) in [5.74, 6) is 1.33. The topological polar surface area (TPSA) is 45.8 Å². The molecule has 1 heterocycles. The van der Waals surface area contributed by atoms with Gasteiger partial charge in [-0.3, -0.25) is 4.79 Å². The van der Waals surface area contributed by atoms with Gasteiger partial charge in [0.1, 0.15) is 5.82 Å². The molecule has 0 unspecified atom stereocenters. The second kappa shape index (κ2) is 4.42. The molecule has 3 nitrogen and oxygen atoms in total. The molecule has 0 aliphatic heterocycles. The van der Waals surface area contributed by atoms with Crippen molar-refractivity contribution in [1.29, 1.82) is 0 Å². The lowest BCUT2D eigenvalue weighted by atomic mass is 10.1. The summed E-state index contributed by atoms with van der Waals surface area (Å²) in [4.78, 5) is 18.8. The molecule has 1 aromatic heterocycles. The zero-order valence-electron chi connectivity index (χ0n) is 8.89. The maximum atomic E-state index is 11.6. The Balaban J connectivity index is 3.36. The lowest BCUT2D eigenvalue weighted by molar-refractivity contribution is 0.715. The predicted molar refractivity (Wildman–Crippen MR) is 65.8 cm³/mol. The van der Waals surface area contributed by atoms with Gasteiger partial charge in [0.2, 0.25) is 0 Å². The van der Waals surface area contributed by atoms with Gasteiger partial charge in [-0.25, -0.2) is 4.98 Å². The summed E-state index contributed by atoms with van der Waals surface area (Å²) in [5.41, 5.74) is 0.881.